The molecule has 0 saturated heterocycles. The van der Waals surface area contributed by atoms with Gasteiger partial charge in [-0.05, 0) is 48.6 Å². The van der Waals surface area contributed by atoms with E-state index in [0.29, 0.717) is 0 Å². The van der Waals surface area contributed by atoms with E-state index < -0.39 is 0 Å². The van der Waals surface area contributed by atoms with Gasteiger partial charge in [-0.3, -0.25) is 0 Å². The Kier molecular flexibility index (Phi) is 2.71. The fourth-order valence-corrected chi connectivity index (χ4v) is 2.58. The lowest BCUT2D eigenvalue weighted by atomic mass is 9.96. The van der Waals surface area contributed by atoms with Crippen LogP contribution in [-0.2, 0) is 6.42 Å². The van der Waals surface area contributed by atoms with Crippen molar-refractivity contribution in [2.75, 3.05) is 12.3 Å². The first kappa shape index (κ1) is 11.1. The van der Waals surface area contributed by atoms with E-state index in [9.17, 15) is 0 Å². The van der Waals surface area contributed by atoms with Crippen LogP contribution >= 0.6 is 0 Å². The molecule has 0 saturated carbocycles. The van der Waals surface area contributed by atoms with Gasteiger partial charge in [-0.2, -0.15) is 0 Å². The van der Waals surface area contributed by atoms with Crippen molar-refractivity contribution in [1.82, 2.24) is 0 Å². The molecule has 0 atom stereocenters. The number of fused-ring (bicyclic) bond motifs is 1. The summed E-state index contributed by atoms with van der Waals surface area (Å²) in [5.41, 5.74) is 11.5. The van der Waals surface area contributed by atoms with E-state index in [2.05, 4.69) is 31.2 Å². The van der Waals surface area contributed by atoms with Gasteiger partial charge in [-0.25, -0.2) is 0 Å². The van der Waals surface area contributed by atoms with Gasteiger partial charge in [0.1, 0.15) is 5.75 Å². The summed E-state index contributed by atoms with van der Waals surface area (Å²) >= 11 is 0. The molecule has 92 valence electrons. The predicted octanol–water partition coefficient (Wildman–Crippen LogP) is 3.57. The number of nitrogens with two attached hydrogens (primary N) is 1. The topological polar surface area (TPSA) is 35.2 Å². The summed E-state index contributed by atoms with van der Waals surface area (Å²) in [4.78, 5) is 0. The second-order valence-electron chi connectivity index (χ2n) is 4.88. The molecule has 0 spiro atoms. The van der Waals surface area contributed by atoms with Crippen LogP contribution in [0.1, 0.15) is 17.5 Å². The van der Waals surface area contributed by atoms with Crippen molar-refractivity contribution in [3.8, 4) is 16.9 Å². The van der Waals surface area contributed by atoms with Gasteiger partial charge in [0.2, 0.25) is 0 Å². The maximum Gasteiger partial charge on any atom is 0.130 e. The number of nitrogen functional groups attached to an aromatic ring is 1. The number of benzene rings is 2. The lowest BCUT2D eigenvalue weighted by Gasteiger charge is -2.20. The van der Waals surface area contributed by atoms with Gasteiger partial charge in [0, 0.05) is 11.3 Å². The zero-order valence-corrected chi connectivity index (χ0v) is 10.6. The van der Waals surface area contributed by atoms with Crippen molar-refractivity contribution in [3.05, 3.63) is 47.5 Å². The Morgan fingerprint density at radius 2 is 2.06 bits per heavy atom. The van der Waals surface area contributed by atoms with Gasteiger partial charge in [0.15, 0.2) is 0 Å². The van der Waals surface area contributed by atoms with Crippen LogP contribution in [0.2, 0.25) is 0 Å². The number of ether oxygens (including phenoxy) is 1. The molecule has 0 fully saturated rings. The van der Waals surface area contributed by atoms with Crippen LogP contribution in [0.25, 0.3) is 11.1 Å². The van der Waals surface area contributed by atoms with Gasteiger partial charge in [-0.15, -0.1) is 0 Å². The van der Waals surface area contributed by atoms with Crippen molar-refractivity contribution < 1.29 is 4.74 Å². The molecule has 0 unspecified atom stereocenters. The third kappa shape index (κ3) is 1.94. The highest BCUT2D eigenvalue weighted by molar-refractivity contribution is 5.75. The van der Waals surface area contributed by atoms with Crippen LogP contribution < -0.4 is 10.5 Å². The van der Waals surface area contributed by atoms with E-state index in [1.165, 1.54) is 11.1 Å². The highest BCUT2D eigenvalue weighted by atomic mass is 16.5. The largest absolute Gasteiger partial charge is 0.493 e. The maximum atomic E-state index is 5.93. The third-order valence-electron chi connectivity index (χ3n) is 3.34. The first-order valence-corrected chi connectivity index (χ1v) is 6.36. The highest BCUT2D eigenvalue weighted by Crippen LogP contribution is 2.37. The zero-order chi connectivity index (χ0) is 12.5. The fourth-order valence-electron chi connectivity index (χ4n) is 2.58. The second kappa shape index (κ2) is 4.37. The first-order chi connectivity index (χ1) is 8.74. The van der Waals surface area contributed by atoms with Crippen LogP contribution in [0.3, 0.4) is 0 Å². The summed E-state index contributed by atoms with van der Waals surface area (Å²) in [5.74, 6) is 1.04. The molecule has 2 N–H and O–H groups in total. The fraction of sp³-hybridized carbons (Fsp3) is 0.250. The minimum Gasteiger partial charge on any atom is -0.493 e. The summed E-state index contributed by atoms with van der Waals surface area (Å²) in [7, 11) is 0. The van der Waals surface area contributed by atoms with Crippen molar-refractivity contribution in [1.29, 1.82) is 0 Å². The molecule has 2 heteroatoms. The first-order valence-electron chi connectivity index (χ1n) is 6.36. The quantitative estimate of drug-likeness (QED) is 0.772. The summed E-state index contributed by atoms with van der Waals surface area (Å²) in [6.07, 6.45) is 2.21. The molecule has 1 aliphatic heterocycles. The summed E-state index contributed by atoms with van der Waals surface area (Å²) < 4.78 is 5.85. The molecular formula is C16H17NO. The molecule has 0 aliphatic carbocycles. The highest BCUT2D eigenvalue weighted by Gasteiger charge is 2.15. The molecule has 0 amide bonds. The third-order valence-corrected chi connectivity index (χ3v) is 3.34. The summed E-state index contributed by atoms with van der Waals surface area (Å²) in [6, 6.07) is 12.5. The molecule has 1 heterocycles. The van der Waals surface area contributed by atoms with Gasteiger partial charge in [-0.1, -0.05) is 24.3 Å². The molecule has 18 heavy (non-hydrogen) atoms. The van der Waals surface area contributed by atoms with Crippen LogP contribution in [0.15, 0.2) is 36.4 Å². The Balaban J connectivity index is 2.16. The molecule has 0 bridgehead atoms. The Morgan fingerprint density at radius 1 is 1.17 bits per heavy atom. The molecule has 2 nitrogen and oxygen atoms in total. The molecule has 3 rings (SSSR count). The number of anilines is 1. The average molecular weight is 239 g/mol. The van der Waals surface area contributed by atoms with Crippen molar-refractivity contribution in [2.45, 2.75) is 19.8 Å². The van der Waals surface area contributed by atoms with E-state index in [-0.39, 0.29) is 0 Å². The minimum absolute atomic E-state index is 0.804. The molecule has 0 aromatic heterocycles. The van der Waals surface area contributed by atoms with Crippen molar-refractivity contribution >= 4 is 5.69 Å². The number of aryl methyl sites for hydroxylation is 2. The van der Waals surface area contributed by atoms with Crippen LogP contribution in [0.4, 0.5) is 5.69 Å². The molecule has 1 aliphatic rings. The van der Waals surface area contributed by atoms with E-state index in [1.54, 1.807) is 0 Å². The van der Waals surface area contributed by atoms with Crippen molar-refractivity contribution in [3.63, 3.8) is 0 Å². The van der Waals surface area contributed by atoms with Crippen LogP contribution in [-0.4, -0.2) is 6.61 Å². The Morgan fingerprint density at radius 3 is 2.89 bits per heavy atom. The Bertz CT molecular complexity index is 569. The number of hydrogen-bond acceptors (Lipinski definition) is 2. The SMILES string of the molecule is Cc1cc(N)cc(-c2cccc3c2OCCC3)c1. The minimum atomic E-state index is 0.804. The number of hydrogen-bond donors (Lipinski definition) is 1. The van der Waals surface area contributed by atoms with E-state index in [4.69, 9.17) is 10.5 Å². The van der Waals surface area contributed by atoms with Crippen LogP contribution in [0.5, 0.6) is 5.75 Å². The van der Waals surface area contributed by atoms with E-state index >= 15 is 0 Å². The Labute approximate surface area is 107 Å². The predicted molar refractivity (Wildman–Crippen MR) is 74.8 cm³/mol. The number of para-hydroxylation sites is 1. The molecule has 2 aromatic rings. The standard InChI is InChI=1S/C16H17NO/c1-11-8-13(10-14(17)9-11)15-6-2-4-12-5-3-7-18-16(12)15/h2,4,6,8-10H,3,5,7,17H2,1H3. The van der Waals surface area contributed by atoms with Gasteiger partial charge in [0.05, 0.1) is 6.61 Å². The van der Waals surface area contributed by atoms with Crippen LogP contribution in [0, 0.1) is 6.92 Å². The van der Waals surface area contributed by atoms with Gasteiger partial charge in [0.25, 0.3) is 0 Å². The molecule has 2 aromatic carbocycles. The summed E-state index contributed by atoms with van der Waals surface area (Å²) in [5, 5.41) is 0. The normalized spacial score (nSPS) is 13.8. The monoisotopic (exact) mass is 239 g/mol. The number of rotatable bonds is 1. The summed E-state index contributed by atoms with van der Waals surface area (Å²) in [6.45, 7) is 2.88. The van der Waals surface area contributed by atoms with Gasteiger partial charge >= 0.3 is 0 Å². The lowest BCUT2D eigenvalue weighted by molar-refractivity contribution is 0.289. The van der Waals surface area contributed by atoms with Gasteiger partial charge < -0.3 is 10.5 Å². The maximum absolute atomic E-state index is 5.93. The second-order valence-corrected chi connectivity index (χ2v) is 4.88. The van der Waals surface area contributed by atoms with E-state index in [1.807, 2.05) is 12.1 Å². The Hall–Kier alpha value is -1.96. The zero-order valence-electron chi connectivity index (χ0n) is 10.6. The van der Waals surface area contributed by atoms with E-state index in [0.717, 1.165) is 42.0 Å². The lowest BCUT2D eigenvalue weighted by Crippen LogP contribution is -2.09. The molecular weight excluding hydrogens is 222 g/mol. The average Bonchev–Trinajstić information content (AvgIpc) is 2.37. The van der Waals surface area contributed by atoms with Crippen molar-refractivity contribution in [2.24, 2.45) is 0 Å². The smallest absolute Gasteiger partial charge is 0.130 e. The molecule has 0 radical (unpaired) electrons.